The highest BCUT2D eigenvalue weighted by Crippen LogP contribution is 2.30. The molecule has 2 unspecified atom stereocenters. The number of nitrogens with one attached hydrogen (secondary N) is 1. The van der Waals surface area contributed by atoms with Crippen molar-refractivity contribution >= 4 is 29.3 Å². The van der Waals surface area contributed by atoms with E-state index in [9.17, 15) is 9.90 Å². The molecule has 1 saturated heterocycles. The van der Waals surface area contributed by atoms with Gasteiger partial charge in [0.25, 0.3) is 0 Å². The molecular weight excluding hydrogens is 444 g/mol. The van der Waals surface area contributed by atoms with Crippen LogP contribution in [0.25, 0.3) is 6.08 Å². The second kappa shape index (κ2) is 8.78. The van der Waals surface area contributed by atoms with Crippen LogP contribution in [0.3, 0.4) is 0 Å². The number of rotatable bonds is 6. The van der Waals surface area contributed by atoms with E-state index in [2.05, 4.69) is 39.1 Å². The number of ether oxygens (including phenoxy) is 2. The Bertz CT molecular complexity index is 1300. The van der Waals surface area contributed by atoms with E-state index in [1.54, 1.807) is 6.07 Å². The third-order valence-electron chi connectivity index (χ3n) is 5.90. The predicted molar refractivity (Wildman–Crippen MR) is 124 cm³/mol. The number of imidazole rings is 1. The molecule has 2 aliphatic heterocycles. The Kier molecular flexibility index (Phi) is 5.68. The van der Waals surface area contributed by atoms with Gasteiger partial charge < -0.3 is 24.5 Å². The monoisotopic (exact) mass is 466 g/mol. The van der Waals surface area contributed by atoms with E-state index >= 15 is 0 Å². The number of carboxylic acid groups (broad SMARTS) is 1. The summed E-state index contributed by atoms with van der Waals surface area (Å²) in [6.45, 7) is 2.20. The predicted octanol–water partition coefficient (Wildman–Crippen LogP) is 3.27. The van der Waals surface area contributed by atoms with Crippen molar-refractivity contribution in [2.24, 2.45) is 4.99 Å². The number of anilines is 1. The van der Waals surface area contributed by atoms with E-state index in [4.69, 9.17) is 26.1 Å². The molecule has 0 saturated carbocycles. The Balaban J connectivity index is 1.39. The van der Waals surface area contributed by atoms with E-state index in [1.165, 1.54) is 37.8 Å². The molecule has 9 heteroatoms. The van der Waals surface area contributed by atoms with Crippen molar-refractivity contribution in [1.82, 2.24) is 9.97 Å². The first-order chi connectivity index (χ1) is 16.0. The van der Waals surface area contributed by atoms with Crippen LogP contribution in [0.2, 0.25) is 0 Å². The molecule has 2 aliphatic rings. The fraction of sp³-hybridized carbons (Fsp3) is 0.292. The Morgan fingerprint density at radius 2 is 1.94 bits per heavy atom. The minimum atomic E-state index is -1.11. The SMILES string of the molecule is COc1ccc(Oc2nc3c([nH]2)=CC(Cl)C(c2ccc(N4CCCC4)cc2)N=3)cc1C(=O)O. The summed E-state index contributed by atoms with van der Waals surface area (Å²) in [4.78, 5) is 26.1. The fourth-order valence-corrected chi connectivity index (χ4v) is 4.54. The molecule has 8 nitrogen and oxygen atoms in total. The Hall–Kier alpha value is -3.52. The smallest absolute Gasteiger partial charge is 0.339 e. The maximum atomic E-state index is 11.5. The van der Waals surface area contributed by atoms with Crippen molar-refractivity contribution in [2.45, 2.75) is 24.3 Å². The lowest BCUT2D eigenvalue weighted by Crippen LogP contribution is -2.33. The van der Waals surface area contributed by atoms with Crippen molar-refractivity contribution < 1.29 is 19.4 Å². The molecule has 2 atom stereocenters. The number of aromatic carboxylic acids is 1. The summed E-state index contributed by atoms with van der Waals surface area (Å²) in [5.74, 6) is -0.542. The number of fused-ring (bicyclic) bond motifs is 1. The van der Waals surface area contributed by atoms with Gasteiger partial charge in [0, 0.05) is 18.8 Å². The van der Waals surface area contributed by atoms with Gasteiger partial charge in [0.15, 0.2) is 5.49 Å². The van der Waals surface area contributed by atoms with Gasteiger partial charge in [-0.3, -0.25) is 4.99 Å². The molecule has 0 bridgehead atoms. The van der Waals surface area contributed by atoms with Gasteiger partial charge in [-0.15, -0.1) is 11.6 Å². The number of methoxy groups -OCH3 is 1. The van der Waals surface area contributed by atoms with Crippen LogP contribution in [-0.2, 0) is 0 Å². The van der Waals surface area contributed by atoms with Crippen LogP contribution < -0.4 is 25.2 Å². The molecular formula is C24H23ClN4O4. The zero-order valence-electron chi connectivity index (χ0n) is 18.0. The number of H-pyrrole nitrogens is 1. The molecule has 0 aliphatic carbocycles. The molecule has 5 rings (SSSR count). The standard InChI is InChI=1S/C24H23ClN4O4/c1-32-20-9-8-16(12-17(20)23(30)31)33-24-26-19-13-18(25)21(27-22(19)28-24)14-4-6-15(7-5-14)29-10-2-3-11-29/h4-9,12-13,18,21H,2-3,10-11H2,1H3,(H,30,31)(H,26,27,28). The molecule has 33 heavy (non-hydrogen) atoms. The van der Waals surface area contributed by atoms with E-state index in [0.29, 0.717) is 16.6 Å². The van der Waals surface area contributed by atoms with E-state index in [-0.39, 0.29) is 28.7 Å². The van der Waals surface area contributed by atoms with Crippen LogP contribution in [-0.4, -0.2) is 46.6 Å². The summed E-state index contributed by atoms with van der Waals surface area (Å²) in [7, 11) is 1.42. The maximum Gasteiger partial charge on any atom is 0.339 e. The minimum Gasteiger partial charge on any atom is -0.496 e. The van der Waals surface area contributed by atoms with Crippen molar-refractivity contribution in [2.75, 3.05) is 25.1 Å². The topological polar surface area (TPSA) is 100 Å². The van der Waals surface area contributed by atoms with E-state index in [1.807, 2.05) is 6.08 Å². The number of aromatic nitrogens is 2. The van der Waals surface area contributed by atoms with Crippen molar-refractivity contribution in [3.63, 3.8) is 0 Å². The van der Waals surface area contributed by atoms with Gasteiger partial charge in [0.05, 0.1) is 23.9 Å². The Morgan fingerprint density at radius 1 is 1.18 bits per heavy atom. The summed E-state index contributed by atoms with van der Waals surface area (Å²) in [6.07, 6.45) is 4.34. The normalized spacial score (nSPS) is 19.4. The Labute approximate surface area is 195 Å². The summed E-state index contributed by atoms with van der Waals surface area (Å²) in [5.41, 5.74) is 2.74. The quantitative estimate of drug-likeness (QED) is 0.541. The highest BCUT2D eigenvalue weighted by Gasteiger charge is 2.24. The number of halogens is 1. The van der Waals surface area contributed by atoms with Crippen molar-refractivity contribution in [1.29, 1.82) is 0 Å². The lowest BCUT2D eigenvalue weighted by Gasteiger charge is -2.21. The van der Waals surface area contributed by atoms with Gasteiger partial charge >= 0.3 is 12.0 Å². The number of carboxylic acids is 1. The highest BCUT2D eigenvalue weighted by atomic mass is 35.5. The fourth-order valence-electron chi connectivity index (χ4n) is 4.22. The molecule has 1 aromatic heterocycles. The molecule has 0 amide bonds. The molecule has 0 spiro atoms. The van der Waals surface area contributed by atoms with Gasteiger partial charge in [-0.05, 0) is 54.8 Å². The number of hydrogen-bond acceptors (Lipinski definition) is 6. The molecule has 2 N–H and O–H groups in total. The largest absolute Gasteiger partial charge is 0.496 e. The first-order valence-corrected chi connectivity index (χ1v) is 11.2. The summed E-state index contributed by atoms with van der Waals surface area (Å²) in [6, 6.07) is 12.9. The van der Waals surface area contributed by atoms with Crippen LogP contribution in [0, 0.1) is 0 Å². The van der Waals surface area contributed by atoms with E-state index in [0.717, 1.165) is 18.7 Å². The number of nitrogens with zero attached hydrogens (tertiary/aromatic N) is 3. The zero-order valence-corrected chi connectivity index (χ0v) is 18.7. The minimum absolute atomic E-state index is 0.000771. The second-order valence-electron chi connectivity index (χ2n) is 8.02. The summed E-state index contributed by atoms with van der Waals surface area (Å²) in [5, 5.41) is 9.69. The van der Waals surface area contributed by atoms with Crippen LogP contribution in [0.1, 0.15) is 34.8 Å². The molecule has 3 aromatic rings. The van der Waals surface area contributed by atoms with Gasteiger partial charge in [-0.25, -0.2) is 4.79 Å². The lowest BCUT2D eigenvalue weighted by molar-refractivity contribution is 0.0693. The molecule has 0 radical (unpaired) electrons. The van der Waals surface area contributed by atoms with E-state index < -0.39 is 5.97 Å². The van der Waals surface area contributed by atoms with Crippen LogP contribution in [0.5, 0.6) is 17.5 Å². The summed E-state index contributed by atoms with van der Waals surface area (Å²) < 4.78 is 10.8. The third-order valence-corrected chi connectivity index (χ3v) is 6.27. The van der Waals surface area contributed by atoms with Gasteiger partial charge in [0.1, 0.15) is 17.1 Å². The van der Waals surface area contributed by atoms with Gasteiger partial charge in [0.2, 0.25) is 0 Å². The number of alkyl halides is 1. The average Bonchev–Trinajstić information content (AvgIpc) is 3.48. The van der Waals surface area contributed by atoms with Crippen LogP contribution in [0.15, 0.2) is 47.5 Å². The maximum absolute atomic E-state index is 11.5. The summed E-state index contributed by atoms with van der Waals surface area (Å²) >= 11 is 6.64. The van der Waals surface area contributed by atoms with Crippen LogP contribution in [0.4, 0.5) is 5.69 Å². The number of hydrogen-bond donors (Lipinski definition) is 2. The lowest BCUT2D eigenvalue weighted by atomic mass is 10.0. The second-order valence-corrected chi connectivity index (χ2v) is 8.52. The molecule has 170 valence electrons. The number of benzene rings is 2. The van der Waals surface area contributed by atoms with Gasteiger partial charge in [-0.2, -0.15) is 4.98 Å². The number of aromatic amines is 1. The molecule has 1 fully saturated rings. The van der Waals surface area contributed by atoms with Crippen molar-refractivity contribution in [3.8, 4) is 17.5 Å². The number of carbonyl (C=O) groups is 1. The zero-order chi connectivity index (χ0) is 22.9. The third kappa shape index (κ3) is 4.26. The molecule has 3 heterocycles. The van der Waals surface area contributed by atoms with Crippen molar-refractivity contribution in [3.05, 3.63) is 64.4 Å². The average molecular weight is 467 g/mol. The highest BCUT2D eigenvalue weighted by molar-refractivity contribution is 6.24. The van der Waals surface area contributed by atoms with Gasteiger partial charge in [-0.1, -0.05) is 12.1 Å². The Morgan fingerprint density at radius 3 is 2.64 bits per heavy atom. The molecule has 2 aromatic carbocycles. The first kappa shape index (κ1) is 21.3. The van der Waals surface area contributed by atoms with Crippen LogP contribution >= 0.6 is 11.6 Å². The first-order valence-electron chi connectivity index (χ1n) is 10.8.